The van der Waals surface area contributed by atoms with E-state index in [1.807, 2.05) is 20.2 Å². The Kier molecular flexibility index (Phi) is 36.7. The molecule has 318 valence electrons. The summed E-state index contributed by atoms with van der Waals surface area (Å²) < 4.78 is 16.9. The summed E-state index contributed by atoms with van der Waals surface area (Å²) in [7, 11) is 4.07. The molecule has 0 radical (unpaired) electrons. The van der Waals surface area contributed by atoms with E-state index >= 15 is 0 Å². The zero-order valence-corrected chi connectivity index (χ0v) is 36.8. The molecule has 0 aromatic heterocycles. The smallest absolute Gasteiger partial charge is 0.306 e. The van der Waals surface area contributed by atoms with Crippen molar-refractivity contribution in [2.24, 2.45) is 17.8 Å². The van der Waals surface area contributed by atoms with Crippen molar-refractivity contribution in [3.8, 4) is 0 Å². The van der Waals surface area contributed by atoms with Crippen LogP contribution in [0.2, 0.25) is 0 Å². The van der Waals surface area contributed by atoms with Crippen LogP contribution in [-0.2, 0) is 28.6 Å². The van der Waals surface area contributed by atoms with E-state index in [0.717, 1.165) is 109 Å². The van der Waals surface area contributed by atoms with Crippen molar-refractivity contribution in [1.82, 2.24) is 4.90 Å². The van der Waals surface area contributed by atoms with Gasteiger partial charge in [0.1, 0.15) is 12.7 Å². The number of nitrogens with zero attached hydrogens (tertiary/aromatic N) is 1. The van der Waals surface area contributed by atoms with Gasteiger partial charge in [-0.15, -0.1) is 0 Å². The second-order valence-electron chi connectivity index (χ2n) is 17.0. The number of hydrogen-bond acceptors (Lipinski definition) is 7. The van der Waals surface area contributed by atoms with Gasteiger partial charge < -0.3 is 19.1 Å². The van der Waals surface area contributed by atoms with E-state index in [1.54, 1.807) is 0 Å². The zero-order valence-electron chi connectivity index (χ0n) is 36.8. The molecule has 0 amide bonds. The lowest BCUT2D eigenvalue weighted by Gasteiger charge is -2.21. The molecule has 0 aromatic rings. The van der Waals surface area contributed by atoms with Gasteiger partial charge >= 0.3 is 17.9 Å². The van der Waals surface area contributed by atoms with Gasteiger partial charge in [0.15, 0.2) is 0 Å². The maximum Gasteiger partial charge on any atom is 0.306 e. The number of carbonyl (C=O) groups is 3. The van der Waals surface area contributed by atoms with Gasteiger partial charge in [-0.05, 0) is 109 Å². The lowest BCUT2D eigenvalue weighted by atomic mass is 9.86. The average Bonchev–Trinajstić information content (AvgIpc) is 3.12. The van der Waals surface area contributed by atoms with Crippen LogP contribution < -0.4 is 0 Å². The van der Waals surface area contributed by atoms with Gasteiger partial charge in [-0.25, -0.2) is 0 Å². The normalized spacial score (nSPS) is 12.9. The Morgan fingerprint density at radius 1 is 0.537 bits per heavy atom. The molecule has 54 heavy (non-hydrogen) atoms. The van der Waals surface area contributed by atoms with Crippen LogP contribution in [0.1, 0.15) is 214 Å². The molecular formula is C47H89NO6. The van der Waals surface area contributed by atoms with E-state index in [1.165, 1.54) is 64.2 Å². The number of carbonyl (C=O) groups excluding carboxylic acids is 3. The first kappa shape index (κ1) is 52.1. The number of ether oxygens (including phenoxy) is 3. The summed E-state index contributed by atoms with van der Waals surface area (Å²) in [4.78, 5) is 38.9. The van der Waals surface area contributed by atoms with Crippen molar-refractivity contribution < 1.29 is 28.6 Å². The fourth-order valence-corrected chi connectivity index (χ4v) is 6.94. The molecule has 0 fully saturated rings. The maximum atomic E-state index is 12.6. The number of esters is 3. The van der Waals surface area contributed by atoms with Crippen molar-refractivity contribution in [1.29, 1.82) is 0 Å². The second-order valence-corrected chi connectivity index (χ2v) is 17.0. The molecule has 0 N–H and O–H groups in total. The standard InChI is InChI=1S/C47H89NO6/c1-8-9-10-11-18-23-28-39-52-45(49)32-26-21-16-12-14-19-24-30-44(54-47(51)34-29-38-48(6)7)31-25-20-15-13-17-22-27-33-46(50)53-40-37-43(42(4)5)36-35-41(2)3/h23,28,41-44H,8-22,24-27,29-40H2,1-7H3. The maximum absolute atomic E-state index is 12.6. The van der Waals surface area contributed by atoms with E-state index in [-0.39, 0.29) is 24.0 Å². The fraction of sp³-hybridized carbons (Fsp3) is 0.894. The molecule has 2 atom stereocenters. The van der Waals surface area contributed by atoms with E-state index in [2.05, 4.69) is 45.6 Å². The highest BCUT2D eigenvalue weighted by molar-refractivity contribution is 5.70. The highest BCUT2D eigenvalue weighted by atomic mass is 16.5. The molecule has 7 nitrogen and oxygen atoms in total. The first-order valence-electron chi connectivity index (χ1n) is 22.9. The number of unbranched alkanes of at least 4 members (excludes halogenated alkanes) is 16. The molecule has 2 unspecified atom stereocenters. The largest absolute Gasteiger partial charge is 0.466 e. The SMILES string of the molecule is CCCCCCC=CCOC(=O)CCCCCCCCCC(CCCCCCCCCC(=O)OCCC(CCC(C)C)C(C)C)OC(=O)CCCN(C)C. The Hall–Kier alpha value is -1.89. The van der Waals surface area contributed by atoms with Crippen LogP contribution in [0.15, 0.2) is 12.2 Å². The Balaban J connectivity index is 4.11. The molecule has 0 saturated carbocycles. The Morgan fingerprint density at radius 2 is 1.06 bits per heavy atom. The first-order valence-corrected chi connectivity index (χ1v) is 22.9. The zero-order chi connectivity index (χ0) is 40.1. The molecule has 0 aliphatic rings. The first-order chi connectivity index (χ1) is 26.0. The van der Waals surface area contributed by atoms with E-state index in [0.29, 0.717) is 44.3 Å². The summed E-state index contributed by atoms with van der Waals surface area (Å²) >= 11 is 0. The van der Waals surface area contributed by atoms with Gasteiger partial charge in [0.25, 0.3) is 0 Å². The second kappa shape index (κ2) is 38.0. The van der Waals surface area contributed by atoms with E-state index < -0.39 is 0 Å². The monoisotopic (exact) mass is 764 g/mol. The van der Waals surface area contributed by atoms with Crippen LogP contribution in [0.25, 0.3) is 0 Å². The van der Waals surface area contributed by atoms with Crippen LogP contribution in [0.5, 0.6) is 0 Å². The van der Waals surface area contributed by atoms with E-state index in [9.17, 15) is 14.4 Å². The van der Waals surface area contributed by atoms with Crippen molar-refractivity contribution in [3.05, 3.63) is 12.2 Å². The van der Waals surface area contributed by atoms with Gasteiger partial charge in [0, 0.05) is 19.3 Å². The summed E-state index contributed by atoms with van der Waals surface area (Å²) in [5.74, 6) is 1.82. The van der Waals surface area contributed by atoms with Gasteiger partial charge in [-0.3, -0.25) is 14.4 Å². The average molecular weight is 764 g/mol. The van der Waals surface area contributed by atoms with E-state index in [4.69, 9.17) is 14.2 Å². The third kappa shape index (κ3) is 37.1. The summed E-state index contributed by atoms with van der Waals surface area (Å²) in [5.41, 5.74) is 0. The quantitative estimate of drug-likeness (QED) is 0.0267. The summed E-state index contributed by atoms with van der Waals surface area (Å²) in [6.07, 6.45) is 33.5. The van der Waals surface area contributed by atoms with Crippen LogP contribution >= 0.6 is 0 Å². The number of hydrogen-bond donors (Lipinski definition) is 0. The van der Waals surface area contributed by atoms with Gasteiger partial charge in [0.2, 0.25) is 0 Å². The minimum absolute atomic E-state index is 0.0239. The van der Waals surface area contributed by atoms with Crippen LogP contribution in [0, 0.1) is 17.8 Å². The van der Waals surface area contributed by atoms with Crippen LogP contribution in [-0.4, -0.2) is 62.8 Å². The number of rotatable bonds is 39. The molecule has 0 aliphatic heterocycles. The third-order valence-electron chi connectivity index (χ3n) is 10.6. The van der Waals surface area contributed by atoms with Gasteiger partial charge in [-0.2, -0.15) is 0 Å². The lowest BCUT2D eigenvalue weighted by molar-refractivity contribution is -0.150. The van der Waals surface area contributed by atoms with Crippen molar-refractivity contribution in [3.63, 3.8) is 0 Å². The predicted molar refractivity (Wildman–Crippen MR) is 228 cm³/mol. The molecule has 0 heterocycles. The molecular weight excluding hydrogens is 675 g/mol. The molecule has 0 saturated heterocycles. The minimum atomic E-state index is -0.0832. The summed E-state index contributed by atoms with van der Waals surface area (Å²) in [6, 6.07) is 0. The number of allylic oxidation sites excluding steroid dienone is 1. The van der Waals surface area contributed by atoms with Crippen LogP contribution in [0.3, 0.4) is 0 Å². The summed E-state index contributed by atoms with van der Waals surface area (Å²) in [5, 5.41) is 0. The summed E-state index contributed by atoms with van der Waals surface area (Å²) in [6.45, 7) is 13.2. The molecule has 7 heteroatoms. The van der Waals surface area contributed by atoms with Crippen molar-refractivity contribution >= 4 is 17.9 Å². The van der Waals surface area contributed by atoms with Gasteiger partial charge in [0.05, 0.1) is 6.61 Å². The molecule has 0 spiro atoms. The highest BCUT2D eigenvalue weighted by Crippen LogP contribution is 2.24. The van der Waals surface area contributed by atoms with Crippen molar-refractivity contribution in [2.45, 2.75) is 221 Å². The molecule has 0 bridgehead atoms. The highest BCUT2D eigenvalue weighted by Gasteiger charge is 2.16. The third-order valence-corrected chi connectivity index (χ3v) is 10.6. The topological polar surface area (TPSA) is 82.1 Å². The fourth-order valence-electron chi connectivity index (χ4n) is 6.94. The van der Waals surface area contributed by atoms with Crippen LogP contribution in [0.4, 0.5) is 0 Å². The predicted octanol–water partition coefficient (Wildman–Crippen LogP) is 13.0. The molecule has 0 aromatic carbocycles. The Labute approximate surface area is 334 Å². The molecule has 0 rings (SSSR count). The molecule has 0 aliphatic carbocycles. The van der Waals surface area contributed by atoms with Gasteiger partial charge in [-0.1, -0.05) is 137 Å². The lowest BCUT2D eigenvalue weighted by Crippen LogP contribution is -2.20. The minimum Gasteiger partial charge on any atom is -0.466 e. The Morgan fingerprint density at radius 3 is 1.59 bits per heavy atom. The van der Waals surface area contributed by atoms with Crippen molar-refractivity contribution in [2.75, 3.05) is 33.9 Å². The Bertz CT molecular complexity index is 901.